The van der Waals surface area contributed by atoms with Crippen LogP contribution in [0.4, 0.5) is 5.13 Å². The molecule has 3 rings (SSSR count). The van der Waals surface area contributed by atoms with Gasteiger partial charge in [0.2, 0.25) is 5.91 Å². The normalized spacial score (nSPS) is 10.4. The van der Waals surface area contributed by atoms with Gasteiger partial charge in [0.15, 0.2) is 5.13 Å². The summed E-state index contributed by atoms with van der Waals surface area (Å²) in [5.41, 5.74) is 1.24. The molecular weight excluding hydrogens is 324 g/mol. The van der Waals surface area contributed by atoms with Crippen molar-refractivity contribution in [1.29, 1.82) is 0 Å². The minimum atomic E-state index is -0.0283. The Kier molecular flexibility index (Phi) is 5.45. The Morgan fingerprint density at radius 1 is 1.04 bits per heavy atom. The first-order valence-electron chi connectivity index (χ1n) is 7.26. The number of hydrogen-bond donors (Lipinski definition) is 1. The molecule has 23 heavy (non-hydrogen) atoms. The van der Waals surface area contributed by atoms with Gasteiger partial charge in [-0.15, -0.1) is 23.1 Å². The summed E-state index contributed by atoms with van der Waals surface area (Å²) in [6, 6.07) is 20.1. The summed E-state index contributed by atoms with van der Waals surface area (Å²) in [6.07, 6.45) is 2.67. The predicted octanol–water partition coefficient (Wildman–Crippen LogP) is 4.46. The second kappa shape index (κ2) is 7.94. The van der Waals surface area contributed by atoms with Gasteiger partial charge in [-0.25, -0.2) is 4.98 Å². The van der Waals surface area contributed by atoms with Crippen LogP contribution in [-0.4, -0.2) is 16.6 Å². The van der Waals surface area contributed by atoms with Crippen LogP contribution >= 0.6 is 23.1 Å². The Morgan fingerprint density at radius 2 is 1.74 bits per heavy atom. The summed E-state index contributed by atoms with van der Waals surface area (Å²) >= 11 is 3.05. The maximum atomic E-state index is 12.0. The van der Waals surface area contributed by atoms with Crippen molar-refractivity contribution in [1.82, 2.24) is 4.98 Å². The van der Waals surface area contributed by atoms with E-state index in [1.165, 1.54) is 28.7 Å². The lowest BCUT2D eigenvalue weighted by Crippen LogP contribution is -2.13. The van der Waals surface area contributed by atoms with Crippen molar-refractivity contribution in [3.63, 3.8) is 0 Å². The number of carbonyl (C=O) groups excluding carboxylic acids is 1. The first kappa shape index (κ1) is 15.8. The van der Waals surface area contributed by atoms with Gasteiger partial charge in [0.25, 0.3) is 0 Å². The molecule has 2 aromatic carbocycles. The van der Waals surface area contributed by atoms with Gasteiger partial charge in [0, 0.05) is 22.4 Å². The van der Waals surface area contributed by atoms with Crippen LogP contribution in [0.25, 0.3) is 0 Å². The number of thioether (sulfide) groups is 1. The molecule has 1 N–H and O–H groups in total. The second-order valence-electron chi connectivity index (χ2n) is 4.94. The molecule has 1 heterocycles. The third-order valence-electron chi connectivity index (χ3n) is 3.13. The molecule has 116 valence electrons. The van der Waals surface area contributed by atoms with Gasteiger partial charge in [-0.2, -0.15) is 0 Å². The maximum absolute atomic E-state index is 12.0. The van der Waals surface area contributed by atoms with E-state index in [-0.39, 0.29) is 5.91 Å². The fraction of sp³-hybridized carbons (Fsp3) is 0.111. The number of nitrogens with zero attached hydrogens (tertiary/aromatic N) is 1. The standard InChI is InChI=1S/C18H16N2OS2/c21-17(13-22-15-9-5-2-6-10-15)20-18-19-12-16(23-18)11-14-7-3-1-4-8-14/h1-10,12H,11,13H2,(H,19,20,21). The van der Waals surface area contributed by atoms with E-state index in [1.807, 2.05) is 54.7 Å². The quantitative estimate of drug-likeness (QED) is 0.673. The number of rotatable bonds is 6. The van der Waals surface area contributed by atoms with Gasteiger partial charge in [-0.3, -0.25) is 4.79 Å². The molecule has 1 amide bonds. The predicted molar refractivity (Wildman–Crippen MR) is 97.2 cm³/mol. The van der Waals surface area contributed by atoms with Crippen molar-refractivity contribution >= 4 is 34.1 Å². The Labute approximate surface area is 143 Å². The van der Waals surface area contributed by atoms with Crippen molar-refractivity contribution in [3.05, 3.63) is 77.3 Å². The highest BCUT2D eigenvalue weighted by molar-refractivity contribution is 8.00. The molecular formula is C18H16N2OS2. The van der Waals surface area contributed by atoms with Crippen molar-refractivity contribution < 1.29 is 4.79 Å². The molecule has 3 nitrogen and oxygen atoms in total. The van der Waals surface area contributed by atoms with Crippen LogP contribution in [0, 0.1) is 0 Å². The number of benzene rings is 2. The topological polar surface area (TPSA) is 42.0 Å². The van der Waals surface area contributed by atoms with Crippen molar-refractivity contribution in [2.75, 3.05) is 11.1 Å². The van der Waals surface area contributed by atoms with E-state index < -0.39 is 0 Å². The second-order valence-corrected chi connectivity index (χ2v) is 7.11. The summed E-state index contributed by atoms with van der Waals surface area (Å²) in [7, 11) is 0. The molecule has 3 aromatic rings. The van der Waals surface area contributed by atoms with Crippen LogP contribution in [0.15, 0.2) is 71.8 Å². The molecule has 0 aliphatic carbocycles. The van der Waals surface area contributed by atoms with Crippen molar-refractivity contribution in [2.24, 2.45) is 0 Å². The molecule has 0 spiro atoms. The number of aromatic nitrogens is 1. The van der Waals surface area contributed by atoms with Crippen molar-refractivity contribution in [3.8, 4) is 0 Å². The zero-order valence-electron chi connectivity index (χ0n) is 12.4. The van der Waals surface area contributed by atoms with E-state index in [0.29, 0.717) is 10.9 Å². The van der Waals surface area contributed by atoms with E-state index >= 15 is 0 Å². The zero-order chi connectivity index (χ0) is 15.9. The molecule has 0 radical (unpaired) electrons. The largest absolute Gasteiger partial charge is 0.301 e. The molecule has 0 atom stereocenters. The van der Waals surface area contributed by atoms with E-state index in [9.17, 15) is 4.79 Å². The summed E-state index contributed by atoms with van der Waals surface area (Å²) in [6.45, 7) is 0. The minimum Gasteiger partial charge on any atom is -0.301 e. The van der Waals surface area contributed by atoms with E-state index in [1.54, 1.807) is 0 Å². The van der Waals surface area contributed by atoms with Crippen LogP contribution in [0.5, 0.6) is 0 Å². The van der Waals surface area contributed by atoms with Crippen LogP contribution in [-0.2, 0) is 11.2 Å². The van der Waals surface area contributed by atoms with Gasteiger partial charge >= 0.3 is 0 Å². The van der Waals surface area contributed by atoms with E-state index in [2.05, 4.69) is 22.4 Å². The molecule has 0 aliphatic heterocycles. The van der Waals surface area contributed by atoms with E-state index in [4.69, 9.17) is 0 Å². The molecule has 5 heteroatoms. The lowest BCUT2D eigenvalue weighted by molar-refractivity contribution is -0.113. The Bertz CT molecular complexity index is 757. The fourth-order valence-corrected chi connectivity index (χ4v) is 3.65. The van der Waals surface area contributed by atoms with Crippen LogP contribution in [0.3, 0.4) is 0 Å². The number of thiazole rings is 1. The highest BCUT2D eigenvalue weighted by Crippen LogP contribution is 2.22. The minimum absolute atomic E-state index is 0.0283. The van der Waals surface area contributed by atoms with Gasteiger partial charge in [0.05, 0.1) is 5.75 Å². The zero-order valence-corrected chi connectivity index (χ0v) is 14.1. The van der Waals surface area contributed by atoms with Gasteiger partial charge in [-0.1, -0.05) is 48.5 Å². The number of hydrogen-bond acceptors (Lipinski definition) is 4. The average molecular weight is 340 g/mol. The first-order valence-corrected chi connectivity index (χ1v) is 9.06. The van der Waals surface area contributed by atoms with Gasteiger partial charge in [-0.05, 0) is 17.7 Å². The Morgan fingerprint density at radius 3 is 2.48 bits per heavy atom. The SMILES string of the molecule is O=C(CSc1ccccc1)Nc1ncc(Cc2ccccc2)s1. The smallest absolute Gasteiger partial charge is 0.236 e. The third kappa shape index (κ3) is 4.94. The summed E-state index contributed by atoms with van der Waals surface area (Å²) in [4.78, 5) is 18.5. The molecule has 0 saturated heterocycles. The third-order valence-corrected chi connectivity index (χ3v) is 5.06. The van der Waals surface area contributed by atoms with Crippen molar-refractivity contribution in [2.45, 2.75) is 11.3 Å². The first-order chi connectivity index (χ1) is 11.3. The highest BCUT2D eigenvalue weighted by Gasteiger charge is 2.08. The lowest BCUT2D eigenvalue weighted by atomic mass is 10.1. The van der Waals surface area contributed by atoms with Crippen LogP contribution in [0.2, 0.25) is 0 Å². The van der Waals surface area contributed by atoms with Gasteiger partial charge < -0.3 is 5.32 Å². The number of anilines is 1. The monoisotopic (exact) mass is 340 g/mol. The molecule has 0 bridgehead atoms. The number of carbonyl (C=O) groups is 1. The molecule has 0 unspecified atom stereocenters. The fourth-order valence-electron chi connectivity index (χ4n) is 2.07. The number of nitrogens with one attached hydrogen (secondary N) is 1. The lowest BCUT2D eigenvalue weighted by Gasteiger charge is -2.01. The maximum Gasteiger partial charge on any atom is 0.236 e. The van der Waals surface area contributed by atoms with Crippen LogP contribution < -0.4 is 5.32 Å². The summed E-state index contributed by atoms with van der Waals surface area (Å²) in [5, 5.41) is 3.53. The Balaban J connectivity index is 1.51. The summed E-state index contributed by atoms with van der Waals surface area (Å²) < 4.78 is 0. The number of amides is 1. The highest BCUT2D eigenvalue weighted by atomic mass is 32.2. The molecule has 1 aromatic heterocycles. The average Bonchev–Trinajstić information content (AvgIpc) is 3.02. The Hall–Kier alpha value is -2.11. The van der Waals surface area contributed by atoms with Gasteiger partial charge in [0.1, 0.15) is 0 Å². The van der Waals surface area contributed by atoms with E-state index in [0.717, 1.165) is 16.2 Å². The molecule has 0 saturated carbocycles. The molecule has 0 fully saturated rings. The summed E-state index contributed by atoms with van der Waals surface area (Å²) in [5.74, 6) is 0.358. The van der Waals surface area contributed by atoms with Crippen LogP contribution in [0.1, 0.15) is 10.4 Å². The molecule has 0 aliphatic rings.